The lowest BCUT2D eigenvalue weighted by molar-refractivity contribution is 0.167. The Morgan fingerprint density at radius 3 is 2.79 bits per heavy atom. The highest BCUT2D eigenvalue weighted by atomic mass is 16.6. The van der Waals surface area contributed by atoms with E-state index >= 15 is 0 Å². The summed E-state index contributed by atoms with van der Waals surface area (Å²) in [5, 5.41) is 0. The molecule has 0 amide bonds. The van der Waals surface area contributed by atoms with Crippen LogP contribution in [-0.2, 0) is 4.84 Å². The molecule has 0 saturated carbocycles. The SMILES string of the molecule is CC(C#Cc1ccccc1)=CCON. The molecule has 0 bridgehead atoms. The molecule has 0 fully saturated rings. The zero-order valence-electron chi connectivity index (χ0n) is 8.16. The van der Waals surface area contributed by atoms with E-state index in [4.69, 9.17) is 5.90 Å². The number of hydrogen-bond donors (Lipinski definition) is 1. The molecule has 0 atom stereocenters. The van der Waals surface area contributed by atoms with Crippen molar-refractivity contribution in [2.45, 2.75) is 6.92 Å². The first-order valence-electron chi connectivity index (χ1n) is 4.38. The fourth-order valence-electron chi connectivity index (χ4n) is 0.916. The van der Waals surface area contributed by atoms with Crippen LogP contribution in [0.5, 0.6) is 0 Å². The van der Waals surface area contributed by atoms with E-state index < -0.39 is 0 Å². The monoisotopic (exact) mass is 187 g/mol. The summed E-state index contributed by atoms with van der Waals surface area (Å²) in [6.45, 7) is 2.32. The van der Waals surface area contributed by atoms with Gasteiger partial charge in [-0.2, -0.15) is 0 Å². The molecule has 1 aromatic carbocycles. The fourth-order valence-corrected chi connectivity index (χ4v) is 0.916. The van der Waals surface area contributed by atoms with E-state index in [9.17, 15) is 0 Å². The highest BCUT2D eigenvalue weighted by molar-refractivity contribution is 5.39. The van der Waals surface area contributed by atoms with Crippen LogP contribution in [0.1, 0.15) is 12.5 Å². The molecule has 14 heavy (non-hydrogen) atoms. The molecule has 2 N–H and O–H groups in total. The van der Waals surface area contributed by atoms with Gasteiger partial charge in [0.15, 0.2) is 0 Å². The van der Waals surface area contributed by atoms with E-state index in [-0.39, 0.29) is 0 Å². The molecular weight excluding hydrogens is 174 g/mol. The predicted octanol–water partition coefficient (Wildman–Crippen LogP) is 1.87. The summed E-state index contributed by atoms with van der Waals surface area (Å²) < 4.78 is 0. The van der Waals surface area contributed by atoms with Crippen LogP contribution in [0, 0.1) is 11.8 Å². The molecule has 0 spiro atoms. The predicted molar refractivity (Wildman–Crippen MR) is 57.2 cm³/mol. The molecule has 2 heteroatoms. The lowest BCUT2D eigenvalue weighted by atomic mass is 10.2. The molecule has 0 unspecified atom stereocenters. The van der Waals surface area contributed by atoms with Crippen molar-refractivity contribution in [3.63, 3.8) is 0 Å². The van der Waals surface area contributed by atoms with Crippen molar-refractivity contribution in [3.8, 4) is 11.8 Å². The Morgan fingerprint density at radius 2 is 2.14 bits per heavy atom. The van der Waals surface area contributed by atoms with Gasteiger partial charge in [0.1, 0.15) is 0 Å². The summed E-state index contributed by atoms with van der Waals surface area (Å²) in [6.07, 6.45) is 1.84. The standard InChI is InChI=1S/C12H13NO/c1-11(9-10-14-13)7-8-12-5-3-2-4-6-12/h2-6,9H,10,13H2,1H3. The molecule has 2 nitrogen and oxygen atoms in total. The second-order valence-electron chi connectivity index (χ2n) is 2.84. The number of rotatable bonds is 2. The van der Waals surface area contributed by atoms with Gasteiger partial charge in [0.2, 0.25) is 0 Å². The van der Waals surface area contributed by atoms with Gasteiger partial charge in [-0.15, -0.1) is 0 Å². The third-order valence-corrected chi connectivity index (χ3v) is 1.66. The van der Waals surface area contributed by atoms with E-state index in [0.717, 1.165) is 11.1 Å². The van der Waals surface area contributed by atoms with Crippen LogP contribution >= 0.6 is 0 Å². The Balaban J connectivity index is 2.64. The third-order valence-electron chi connectivity index (χ3n) is 1.66. The zero-order chi connectivity index (χ0) is 10.2. The van der Waals surface area contributed by atoms with Gasteiger partial charge in [0.25, 0.3) is 0 Å². The molecule has 0 heterocycles. The van der Waals surface area contributed by atoms with Crippen LogP contribution in [0.15, 0.2) is 42.0 Å². The Bertz CT molecular complexity index is 357. The van der Waals surface area contributed by atoms with Crippen molar-refractivity contribution in [3.05, 3.63) is 47.5 Å². The number of hydrogen-bond acceptors (Lipinski definition) is 2. The van der Waals surface area contributed by atoms with Gasteiger partial charge in [-0.25, -0.2) is 5.90 Å². The summed E-state index contributed by atoms with van der Waals surface area (Å²) in [5.41, 5.74) is 1.97. The van der Waals surface area contributed by atoms with Crippen LogP contribution in [0.3, 0.4) is 0 Å². The van der Waals surface area contributed by atoms with E-state index in [1.165, 1.54) is 0 Å². The van der Waals surface area contributed by atoms with Crippen molar-refractivity contribution >= 4 is 0 Å². The quantitative estimate of drug-likeness (QED) is 0.566. The molecular formula is C12H13NO. The molecule has 0 aromatic heterocycles. The molecule has 0 aliphatic rings. The summed E-state index contributed by atoms with van der Waals surface area (Å²) in [7, 11) is 0. The smallest absolute Gasteiger partial charge is 0.0872 e. The highest BCUT2D eigenvalue weighted by Crippen LogP contribution is 1.96. The third kappa shape index (κ3) is 3.90. The zero-order valence-corrected chi connectivity index (χ0v) is 8.16. The molecule has 1 aromatic rings. The summed E-state index contributed by atoms with van der Waals surface area (Å²) in [6, 6.07) is 9.84. The molecule has 0 saturated heterocycles. The summed E-state index contributed by atoms with van der Waals surface area (Å²) >= 11 is 0. The van der Waals surface area contributed by atoms with Gasteiger partial charge in [-0.05, 0) is 30.7 Å². The van der Waals surface area contributed by atoms with Gasteiger partial charge >= 0.3 is 0 Å². The number of nitrogens with two attached hydrogens (primary N) is 1. The average Bonchev–Trinajstić information content (AvgIpc) is 2.25. The largest absolute Gasteiger partial charge is 0.300 e. The maximum absolute atomic E-state index is 4.89. The first-order chi connectivity index (χ1) is 6.83. The van der Waals surface area contributed by atoms with E-state index in [1.54, 1.807) is 0 Å². The normalized spacial score (nSPS) is 10.6. The lowest BCUT2D eigenvalue weighted by Crippen LogP contribution is -1.97. The Labute approximate surface area is 84.3 Å². The Morgan fingerprint density at radius 1 is 1.43 bits per heavy atom. The topological polar surface area (TPSA) is 35.2 Å². The van der Waals surface area contributed by atoms with Gasteiger partial charge in [0, 0.05) is 5.56 Å². The van der Waals surface area contributed by atoms with Crippen LogP contribution in [0.4, 0.5) is 0 Å². The minimum Gasteiger partial charge on any atom is -0.300 e. The molecule has 0 aliphatic carbocycles. The van der Waals surface area contributed by atoms with Crippen LogP contribution < -0.4 is 5.90 Å². The summed E-state index contributed by atoms with van der Waals surface area (Å²) in [4.78, 5) is 4.42. The van der Waals surface area contributed by atoms with Crippen molar-refractivity contribution in [1.29, 1.82) is 0 Å². The van der Waals surface area contributed by atoms with Crippen LogP contribution in [0.2, 0.25) is 0 Å². The molecule has 72 valence electrons. The van der Waals surface area contributed by atoms with Crippen molar-refractivity contribution in [1.82, 2.24) is 0 Å². The minimum atomic E-state index is 0.398. The van der Waals surface area contributed by atoms with Crippen molar-refractivity contribution < 1.29 is 4.84 Å². The second kappa shape index (κ2) is 5.98. The van der Waals surface area contributed by atoms with Crippen molar-refractivity contribution in [2.75, 3.05) is 6.61 Å². The maximum atomic E-state index is 4.89. The molecule has 0 aliphatic heterocycles. The van der Waals surface area contributed by atoms with E-state index in [2.05, 4.69) is 16.7 Å². The molecule has 1 rings (SSSR count). The van der Waals surface area contributed by atoms with Crippen LogP contribution in [-0.4, -0.2) is 6.61 Å². The maximum Gasteiger partial charge on any atom is 0.0872 e. The number of allylic oxidation sites excluding steroid dienone is 1. The Kier molecular flexibility index (Phi) is 4.49. The van der Waals surface area contributed by atoms with Crippen LogP contribution in [0.25, 0.3) is 0 Å². The highest BCUT2D eigenvalue weighted by Gasteiger charge is 1.83. The van der Waals surface area contributed by atoms with Crippen molar-refractivity contribution in [2.24, 2.45) is 5.90 Å². The minimum absolute atomic E-state index is 0.398. The van der Waals surface area contributed by atoms with E-state index in [0.29, 0.717) is 6.61 Å². The average molecular weight is 187 g/mol. The van der Waals surface area contributed by atoms with Gasteiger partial charge in [-0.1, -0.05) is 30.0 Å². The van der Waals surface area contributed by atoms with Gasteiger partial charge in [0.05, 0.1) is 6.61 Å². The van der Waals surface area contributed by atoms with Gasteiger partial charge in [-0.3, -0.25) is 0 Å². The fraction of sp³-hybridized carbons (Fsp3) is 0.167. The van der Waals surface area contributed by atoms with E-state index in [1.807, 2.05) is 43.3 Å². The van der Waals surface area contributed by atoms with Gasteiger partial charge < -0.3 is 4.84 Å². The first-order valence-corrected chi connectivity index (χ1v) is 4.38. The second-order valence-corrected chi connectivity index (χ2v) is 2.84. The first kappa shape index (κ1) is 10.5. The molecule has 0 radical (unpaired) electrons. The Hall–Kier alpha value is -1.56. The number of benzene rings is 1. The lowest BCUT2D eigenvalue weighted by Gasteiger charge is -1.89. The summed E-state index contributed by atoms with van der Waals surface area (Å²) in [5.74, 6) is 10.9.